The second-order valence-electron chi connectivity index (χ2n) is 7.61. The van der Waals surface area contributed by atoms with Crippen LogP contribution in [0.4, 0.5) is 0 Å². The molecule has 1 aliphatic carbocycles. The van der Waals surface area contributed by atoms with Crippen LogP contribution in [0.25, 0.3) is 0 Å². The molecular formula is C17H34N2O. The van der Waals surface area contributed by atoms with Gasteiger partial charge in [0.1, 0.15) is 0 Å². The van der Waals surface area contributed by atoms with Gasteiger partial charge in [0, 0.05) is 26.3 Å². The lowest BCUT2D eigenvalue weighted by Crippen LogP contribution is -2.52. The predicted octanol–water partition coefficient (Wildman–Crippen LogP) is 2.76. The zero-order chi connectivity index (χ0) is 14.6. The van der Waals surface area contributed by atoms with E-state index in [0.717, 1.165) is 18.4 Å². The summed E-state index contributed by atoms with van der Waals surface area (Å²) >= 11 is 0. The Hall–Kier alpha value is -0.120. The first-order valence-corrected chi connectivity index (χ1v) is 8.45. The second-order valence-corrected chi connectivity index (χ2v) is 7.61. The Kier molecular flexibility index (Phi) is 5.88. The quantitative estimate of drug-likeness (QED) is 0.839. The Morgan fingerprint density at radius 1 is 1.20 bits per heavy atom. The fraction of sp³-hybridized carbons (Fsp3) is 1.00. The van der Waals surface area contributed by atoms with E-state index in [1.54, 1.807) is 0 Å². The zero-order valence-electron chi connectivity index (χ0n) is 14.0. The average molecular weight is 282 g/mol. The number of rotatable bonds is 5. The van der Waals surface area contributed by atoms with Crippen molar-refractivity contribution in [3.8, 4) is 0 Å². The van der Waals surface area contributed by atoms with E-state index in [2.05, 4.69) is 31.1 Å². The fourth-order valence-electron chi connectivity index (χ4n) is 4.51. The summed E-state index contributed by atoms with van der Waals surface area (Å²) in [6.07, 6.45) is 6.79. The molecule has 2 rings (SSSR count). The topological polar surface area (TPSA) is 24.5 Å². The van der Waals surface area contributed by atoms with Gasteiger partial charge in [-0.05, 0) is 63.1 Å². The molecule has 0 aromatic rings. The minimum Gasteiger partial charge on any atom is -0.384 e. The second kappa shape index (κ2) is 7.24. The van der Waals surface area contributed by atoms with Crippen molar-refractivity contribution in [3.05, 3.63) is 0 Å². The largest absolute Gasteiger partial charge is 0.384 e. The molecule has 0 radical (unpaired) electrons. The van der Waals surface area contributed by atoms with Gasteiger partial charge in [-0.1, -0.05) is 20.3 Å². The van der Waals surface area contributed by atoms with Crippen molar-refractivity contribution in [1.82, 2.24) is 10.2 Å². The maximum atomic E-state index is 5.30. The number of nitrogens with one attached hydrogen (secondary N) is 1. The Bertz CT molecular complexity index is 285. The molecule has 0 bridgehead atoms. The lowest BCUT2D eigenvalue weighted by atomic mass is 9.67. The van der Waals surface area contributed by atoms with Gasteiger partial charge in [-0.2, -0.15) is 0 Å². The summed E-state index contributed by atoms with van der Waals surface area (Å²) in [6.45, 7) is 9.64. The summed E-state index contributed by atoms with van der Waals surface area (Å²) in [4.78, 5) is 2.70. The number of hydrogen-bond acceptors (Lipinski definition) is 3. The summed E-state index contributed by atoms with van der Waals surface area (Å²) in [6, 6.07) is 0.674. The molecule has 118 valence electrons. The molecule has 0 aromatic heterocycles. The third-order valence-corrected chi connectivity index (χ3v) is 5.62. The summed E-state index contributed by atoms with van der Waals surface area (Å²) in [5.41, 5.74) is 0.450. The minimum atomic E-state index is 0.450. The number of likely N-dealkylation sites (tertiary alicyclic amines) is 1. The number of nitrogens with zero attached hydrogens (tertiary/aromatic N) is 1. The van der Waals surface area contributed by atoms with Crippen molar-refractivity contribution >= 4 is 0 Å². The molecule has 20 heavy (non-hydrogen) atoms. The molecule has 3 nitrogen and oxygen atoms in total. The molecule has 2 fully saturated rings. The molecule has 0 spiro atoms. The van der Waals surface area contributed by atoms with E-state index in [1.165, 1.54) is 51.7 Å². The van der Waals surface area contributed by atoms with Crippen LogP contribution in [0.1, 0.15) is 46.0 Å². The number of ether oxygens (including phenoxy) is 1. The van der Waals surface area contributed by atoms with Gasteiger partial charge in [-0.25, -0.2) is 0 Å². The minimum absolute atomic E-state index is 0.450. The van der Waals surface area contributed by atoms with E-state index in [1.807, 2.05) is 7.11 Å². The lowest BCUT2D eigenvalue weighted by molar-refractivity contribution is 0.0569. The van der Waals surface area contributed by atoms with Crippen molar-refractivity contribution in [2.24, 2.45) is 17.3 Å². The van der Waals surface area contributed by atoms with Gasteiger partial charge in [-0.3, -0.25) is 0 Å². The van der Waals surface area contributed by atoms with Crippen LogP contribution in [-0.4, -0.2) is 51.3 Å². The predicted molar refractivity (Wildman–Crippen MR) is 85.0 cm³/mol. The van der Waals surface area contributed by atoms with E-state index < -0.39 is 0 Å². The third kappa shape index (κ3) is 3.96. The summed E-state index contributed by atoms with van der Waals surface area (Å²) in [7, 11) is 3.98. The molecule has 1 saturated carbocycles. The SMILES string of the molecule is CNC1C(CN2CCC(COC)CC2)CCCC1(C)C. The van der Waals surface area contributed by atoms with Gasteiger partial charge in [-0.15, -0.1) is 0 Å². The molecule has 0 aromatic carbocycles. The van der Waals surface area contributed by atoms with E-state index in [9.17, 15) is 0 Å². The molecule has 2 atom stereocenters. The van der Waals surface area contributed by atoms with Gasteiger partial charge >= 0.3 is 0 Å². The van der Waals surface area contributed by atoms with Crippen LogP contribution in [0.5, 0.6) is 0 Å². The van der Waals surface area contributed by atoms with Crippen molar-refractivity contribution in [3.63, 3.8) is 0 Å². The van der Waals surface area contributed by atoms with E-state index >= 15 is 0 Å². The first kappa shape index (κ1) is 16.3. The van der Waals surface area contributed by atoms with E-state index in [-0.39, 0.29) is 0 Å². The third-order valence-electron chi connectivity index (χ3n) is 5.62. The Morgan fingerprint density at radius 2 is 1.90 bits per heavy atom. The Morgan fingerprint density at radius 3 is 2.50 bits per heavy atom. The average Bonchev–Trinajstić information content (AvgIpc) is 2.41. The van der Waals surface area contributed by atoms with E-state index in [0.29, 0.717) is 11.5 Å². The monoisotopic (exact) mass is 282 g/mol. The highest BCUT2D eigenvalue weighted by atomic mass is 16.5. The molecule has 1 saturated heterocycles. The van der Waals surface area contributed by atoms with Gasteiger partial charge in [0.2, 0.25) is 0 Å². The maximum absolute atomic E-state index is 5.30. The van der Waals surface area contributed by atoms with E-state index in [4.69, 9.17) is 4.74 Å². The van der Waals surface area contributed by atoms with Crippen molar-refractivity contribution in [1.29, 1.82) is 0 Å². The highest BCUT2D eigenvalue weighted by molar-refractivity contribution is 4.94. The molecule has 2 aliphatic rings. The fourth-order valence-corrected chi connectivity index (χ4v) is 4.51. The molecule has 0 amide bonds. The molecule has 3 heteroatoms. The lowest BCUT2D eigenvalue weighted by Gasteiger charge is -2.46. The highest BCUT2D eigenvalue weighted by Crippen LogP contribution is 2.39. The number of methoxy groups -OCH3 is 1. The molecule has 1 heterocycles. The normalized spacial score (nSPS) is 32.4. The number of hydrogen-bond donors (Lipinski definition) is 1. The Balaban J connectivity index is 1.83. The number of piperidine rings is 1. The highest BCUT2D eigenvalue weighted by Gasteiger charge is 2.38. The smallest absolute Gasteiger partial charge is 0.0491 e. The van der Waals surface area contributed by atoms with Crippen molar-refractivity contribution in [2.45, 2.75) is 52.0 Å². The molecular weight excluding hydrogens is 248 g/mol. The van der Waals surface area contributed by atoms with Crippen LogP contribution in [-0.2, 0) is 4.74 Å². The van der Waals surface area contributed by atoms with Gasteiger partial charge < -0.3 is 15.0 Å². The Labute approximate surface area is 125 Å². The summed E-state index contributed by atoms with van der Waals surface area (Å²) < 4.78 is 5.30. The standard InChI is InChI=1S/C17H34N2O/c1-17(2)9-5-6-15(16(17)18-3)12-19-10-7-14(8-11-19)13-20-4/h14-16,18H,5-13H2,1-4H3. The van der Waals surface area contributed by atoms with Crippen LogP contribution in [0.15, 0.2) is 0 Å². The van der Waals surface area contributed by atoms with Crippen LogP contribution < -0.4 is 5.32 Å². The van der Waals surface area contributed by atoms with Crippen LogP contribution in [0.3, 0.4) is 0 Å². The molecule has 1 aliphatic heterocycles. The van der Waals surface area contributed by atoms with Gasteiger partial charge in [0.25, 0.3) is 0 Å². The zero-order valence-corrected chi connectivity index (χ0v) is 14.0. The summed E-state index contributed by atoms with van der Waals surface area (Å²) in [5.74, 6) is 1.61. The molecule has 1 N–H and O–H groups in total. The van der Waals surface area contributed by atoms with Gasteiger partial charge in [0.05, 0.1) is 0 Å². The maximum Gasteiger partial charge on any atom is 0.0491 e. The van der Waals surface area contributed by atoms with Crippen LogP contribution in [0, 0.1) is 17.3 Å². The van der Waals surface area contributed by atoms with Crippen molar-refractivity contribution in [2.75, 3.05) is 40.4 Å². The van der Waals surface area contributed by atoms with Gasteiger partial charge in [0.15, 0.2) is 0 Å². The van der Waals surface area contributed by atoms with Crippen molar-refractivity contribution < 1.29 is 4.74 Å². The van der Waals surface area contributed by atoms with Crippen LogP contribution in [0.2, 0.25) is 0 Å². The summed E-state index contributed by atoms with van der Waals surface area (Å²) in [5, 5.41) is 3.62. The molecule has 2 unspecified atom stereocenters. The first-order valence-electron chi connectivity index (χ1n) is 8.45. The first-order chi connectivity index (χ1) is 9.56. The van der Waals surface area contributed by atoms with Crippen LogP contribution >= 0.6 is 0 Å².